The number of nitrogens with two attached hydrogens (primary N) is 4. The van der Waals surface area contributed by atoms with Crippen molar-refractivity contribution in [3.63, 3.8) is 0 Å². The van der Waals surface area contributed by atoms with Crippen molar-refractivity contribution in [3.05, 3.63) is 0 Å². The van der Waals surface area contributed by atoms with E-state index in [4.69, 9.17) is 32.6 Å². The molecule has 0 aliphatic rings. The minimum absolute atomic E-state index is 0.0129. The summed E-state index contributed by atoms with van der Waals surface area (Å²) in [6.07, 6.45) is 0.956. The molecule has 0 spiro atoms. The second kappa shape index (κ2) is 10.5. The molecule has 0 aromatic carbocycles. The van der Waals surface area contributed by atoms with Crippen LogP contribution in [0.1, 0.15) is 12.8 Å². The lowest BCUT2D eigenvalue weighted by Crippen LogP contribution is -2.30. The van der Waals surface area contributed by atoms with Gasteiger partial charge in [-0.3, -0.25) is 14.3 Å². The fraction of sp³-hybridized carbons (Fsp3) is 0.750. The maximum absolute atomic E-state index is 10.2. The predicted octanol–water partition coefficient (Wildman–Crippen LogP) is -2.72. The molecule has 0 saturated carbocycles. The number of hydrogen-bond acceptors (Lipinski definition) is 6. The molecule has 0 unspecified atom stereocenters. The lowest BCUT2D eigenvalue weighted by Gasteiger charge is -2.03. The fourth-order valence-corrected chi connectivity index (χ4v) is 1.09. The molecular weight excluding hydrogens is 278 g/mol. The van der Waals surface area contributed by atoms with Gasteiger partial charge in [-0.1, -0.05) is 0 Å². The molecule has 0 aliphatic carbocycles. The van der Waals surface area contributed by atoms with Crippen molar-refractivity contribution in [3.8, 4) is 0 Å². The molecule has 0 radical (unpaired) electrons. The third-order valence-corrected chi connectivity index (χ3v) is 2.41. The molecule has 0 aromatic heterocycles. The number of hydrogen-bond donors (Lipinski definition) is 6. The Bertz CT molecular complexity index is 379. The zero-order chi connectivity index (χ0) is 15.5. The maximum atomic E-state index is 10.2. The summed E-state index contributed by atoms with van der Waals surface area (Å²) in [6, 6.07) is -0.820. The molecule has 11 heteroatoms. The van der Waals surface area contributed by atoms with Crippen molar-refractivity contribution < 1.29 is 22.9 Å². The Labute approximate surface area is 111 Å². The summed E-state index contributed by atoms with van der Waals surface area (Å²) < 4.78 is 27.3. The summed E-state index contributed by atoms with van der Waals surface area (Å²) in [5, 5.41) is 8.38. The van der Waals surface area contributed by atoms with Crippen LogP contribution in [0.5, 0.6) is 0 Å². The van der Waals surface area contributed by atoms with Crippen molar-refractivity contribution in [2.75, 3.05) is 18.8 Å². The molecule has 10 nitrogen and oxygen atoms in total. The van der Waals surface area contributed by atoms with E-state index in [2.05, 4.69) is 4.99 Å². The largest absolute Gasteiger partial charge is 0.480 e. The highest BCUT2D eigenvalue weighted by molar-refractivity contribution is 7.85. The zero-order valence-corrected chi connectivity index (χ0v) is 11.2. The van der Waals surface area contributed by atoms with Crippen LogP contribution in [0, 0.1) is 0 Å². The Morgan fingerprint density at radius 3 is 2.11 bits per heavy atom. The van der Waals surface area contributed by atoms with Gasteiger partial charge < -0.3 is 28.0 Å². The first-order valence-corrected chi connectivity index (χ1v) is 6.90. The standard InChI is InChI=1S/C6H14N4O2.C2H7NO3S/c7-4(5(11)12)2-1-3-10-6(8)9;3-1-2-7(4,5)6/h4H,1-3,7H2,(H,11,12)(H4,8,9,10);1-3H2,(H,4,5,6)/t4-;/m0./s1. The molecule has 0 saturated heterocycles. The topological polar surface area (TPSA) is 208 Å². The smallest absolute Gasteiger partial charge is 0.320 e. The molecule has 0 aliphatic heterocycles. The number of carbonyl (C=O) groups is 1. The second-order valence-corrected chi connectivity index (χ2v) is 5.04. The second-order valence-electron chi connectivity index (χ2n) is 3.47. The van der Waals surface area contributed by atoms with Crippen LogP contribution in [0.15, 0.2) is 4.99 Å². The highest BCUT2D eigenvalue weighted by Gasteiger charge is 2.09. The molecule has 1 atom stereocenters. The Morgan fingerprint density at radius 1 is 1.32 bits per heavy atom. The third-order valence-electron chi connectivity index (χ3n) is 1.66. The van der Waals surface area contributed by atoms with Gasteiger partial charge in [0.2, 0.25) is 0 Å². The molecule has 19 heavy (non-hydrogen) atoms. The minimum atomic E-state index is -3.80. The van der Waals surface area contributed by atoms with Crippen LogP contribution in [-0.2, 0) is 14.9 Å². The van der Waals surface area contributed by atoms with E-state index in [0.29, 0.717) is 19.4 Å². The SMILES string of the molecule is NC(N)=NCCC[C@H](N)C(=O)O.NCCS(=O)(=O)O. The van der Waals surface area contributed by atoms with Gasteiger partial charge in [0.1, 0.15) is 6.04 Å². The molecular formula is C8H21N5O5S. The van der Waals surface area contributed by atoms with Gasteiger partial charge in [0.05, 0.1) is 5.75 Å². The maximum Gasteiger partial charge on any atom is 0.320 e. The lowest BCUT2D eigenvalue weighted by molar-refractivity contribution is -0.138. The predicted molar refractivity (Wildman–Crippen MR) is 71.0 cm³/mol. The molecule has 114 valence electrons. The van der Waals surface area contributed by atoms with Gasteiger partial charge in [0.25, 0.3) is 10.1 Å². The first-order chi connectivity index (χ1) is 8.60. The van der Waals surface area contributed by atoms with Gasteiger partial charge in [-0.05, 0) is 12.8 Å². The van der Waals surface area contributed by atoms with E-state index >= 15 is 0 Å². The molecule has 0 bridgehead atoms. The van der Waals surface area contributed by atoms with Gasteiger partial charge in [-0.2, -0.15) is 8.42 Å². The summed E-state index contributed by atoms with van der Waals surface area (Å²) in [6.45, 7) is 0.391. The van der Waals surface area contributed by atoms with Crippen LogP contribution in [0.4, 0.5) is 0 Å². The van der Waals surface area contributed by atoms with E-state index in [9.17, 15) is 13.2 Å². The Balaban J connectivity index is 0. The number of guanidine groups is 1. The van der Waals surface area contributed by atoms with Crippen LogP contribution in [0.25, 0.3) is 0 Å². The highest BCUT2D eigenvalue weighted by atomic mass is 32.2. The molecule has 0 aromatic rings. The monoisotopic (exact) mass is 299 g/mol. The van der Waals surface area contributed by atoms with Crippen LogP contribution < -0.4 is 22.9 Å². The summed E-state index contributed by atoms with van der Waals surface area (Å²) in [7, 11) is -3.80. The molecule has 0 rings (SSSR count). The number of rotatable bonds is 7. The average molecular weight is 299 g/mol. The molecule has 0 amide bonds. The first-order valence-electron chi connectivity index (χ1n) is 5.29. The lowest BCUT2D eigenvalue weighted by atomic mass is 10.2. The van der Waals surface area contributed by atoms with Crippen LogP contribution in [0.3, 0.4) is 0 Å². The highest BCUT2D eigenvalue weighted by Crippen LogP contribution is 1.94. The Hall–Kier alpha value is -1.43. The van der Waals surface area contributed by atoms with Gasteiger partial charge in [0, 0.05) is 13.1 Å². The van der Waals surface area contributed by atoms with Crippen molar-refractivity contribution in [2.24, 2.45) is 27.9 Å². The van der Waals surface area contributed by atoms with Crippen molar-refractivity contribution in [1.82, 2.24) is 0 Å². The van der Waals surface area contributed by atoms with E-state index in [-0.39, 0.29) is 18.3 Å². The van der Waals surface area contributed by atoms with Gasteiger partial charge >= 0.3 is 5.97 Å². The normalized spacial score (nSPS) is 11.9. The molecule has 0 heterocycles. The van der Waals surface area contributed by atoms with Crippen LogP contribution in [-0.4, -0.2) is 54.9 Å². The van der Waals surface area contributed by atoms with E-state index in [0.717, 1.165) is 0 Å². The van der Waals surface area contributed by atoms with Crippen molar-refractivity contribution in [1.29, 1.82) is 0 Å². The van der Waals surface area contributed by atoms with Crippen LogP contribution in [0.2, 0.25) is 0 Å². The van der Waals surface area contributed by atoms with Gasteiger partial charge in [-0.25, -0.2) is 0 Å². The summed E-state index contributed by atoms with van der Waals surface area (Å²) in [5.74, 6) is -1.34. The zero-order valence-electron chi connectivity index (χ0n) is 10.4. The minimum Gasteiger partial charge on any atom is -0.480 e. The Morgan fingerprint density at radius 2 is 1.84 bits per heavy atom. The first kappa shape index (κ1) is 19.9. The summed E-state index contributed by atoms with van der Waals surface area (Å²) >= 11 is 0. The van der Waals surface area contributed by atoms with E-state index in [1.54, 1.807) is 0 Å². The number of carboxylic acids is 1. The fourth-order valence-electron chi connectivity index (χ4n) is 0.792. The number of carboxylic acid groups (broad SMARTS) is 1. The van der Waals surface area contributed by atoms with Gasteiger partial charge in [0.15, 0.2) is 5.96 Å². The number of aliphatic carboxylic acids is 1. The summed E-state index contributed by atoms with van der Waals surface area (Å²) in [5.41, 5.74) is 20.1. The third kappa shape index (κ3) is 19.1. The van der Waals surface area contributed by atoms with E-state index < -0.39 is 22.1 Å². The molecule has 10 N–H and O–H groups in total. The number of aliphatic imine (C=N–C) groups is 1. The van der Waals surface area contributed by atoms with Crippen molar-refractivity contribution >= 4 is 22.0 Å². The Kier molecular flexibility index (Phi) is 11.0. The van der Waals surface area contributed by atoms with Crippen molar-refractivity contribution in [2.45, 2.75) is 18.9 Å². The molecule has 0 fully saturated rings. The van der Waals surface area contributed by atoms with Gasteiger partial charge in [-0.15, -0.1) is 0 Å². The quantitative estimate of drug-likeness (QED) is 0.125. The number of nitrogens with zero attached hydrogens (tertiary/aromatic N) is 1. The average Bonchev–Trinajstić information content (AvgIpc) is 2.22. The van der Waals surface area contributed by atoms with E-state index in [1.165, 1.54) is 0 Å². The van der Waals surface area contributed by atoms with E-state index in [1.807, 2.05) is 0 Å². The van der Waals surface area contributed by atoms with Crippen LogP contribution >= 0.6 is 0 Å². The summed E-state index contributed by atoms with van der Waals surface area (Å²) in [4.78, 5) is 13.9.